The van der Waals surface area contributed by atoms with Crippen LogP contribution in [0.25, 0.3) is 0 Å². The van der Waals surface area contributed by atoms with E-state index in [0.29, 0.717) is 19.5 Å². The topological polar surface area (TPSA) is 72.7 Å². The highest BCUT2D eigenvalue weighted by Crippen LogP contribution is 2.28. The Balaban J connectivity index is 1.86. The summed E-state index contributed by atoms with van der Waals surface area (Å²) in [5.41, 5.74) is 1.19. The van der Waals surface area contributed by atoms with Gasteiger partial charge in [-0.3, -0.25) is 14.9 Å². The van der Waals surface area contributed by atoms with E-state index >= 15 is 0 Å². The number of nitrogens with zero attached hydrogens (tertiary/aromatic N) is 2. The van der Waals surface area contributed by atoms with Gasteiger partial charge < -0.3 is 9.64 Å². The summed E-state index contributed by atoms with van der Waals surface area (Å²) >= 11 is 1.64. The Morgan fingerprint density at radius 2 is 1.90 bits per heavy atom. The zero-order chi connectivity index (χ0) is 20.8. The van der Waals surface area contributed by atoms with Crippen molar-refractivity contribution >= 4 is 22.9 Å². The van der Waals surface area contributed by atoms with Crippen molar-refractivity contribution in [2.75, 3.05) is 13.7 Å². The molecule has 1 amide bonds. The van der Waals surface area contributed by atoms with E-state index < -0.39 is 4.92 Å². The van der Waals surface area contributed by atoms with Gasteiger partial charge in [-0.05, 0) is 43.2 Å². The van der Waals surface area contributed by atoms with Gasteiger partial charge in [0.2, 0.25) is 0 Å². The lowest BCUT2D eigenvalue weighted by Crippen LogP contribution is -2.32. The summed E-state index contributed by atoms with van der Waals surface area (Å²) in [6.07, 6.45) is 0.704. The van der Waals surface area contributed by atoms with Crippen molar-refractivity contribution in [1.29, 1.82) is 0 Å². The standard InChI is InChI=1S/C22H22N2O4S/c1-16-8-10-19(29-16)15-23(13-12-17-6-4-3-5-7-17)22(25)18-9-11-21(28-2)20(14-18)24(26)27/h3-11,14H,12-13,15H2,1-2H3. The summed E-state index contributed by atoms with van der Waals surface area (Å²) in [6, 6.07) is 18.3. The number of nitro groups is 1. The van der Waals surface area contributed by atoms with E-state index in [-0.39, 0.29) is 22.9 Å². The van der Waals surface area contributed by atoms with E-state index in [1.807, 2.05) is 49.4 Å². The fourth-order valence-corrected chi connectivity index (χ4v) is 3.97. The lowest BCUT2D eigenvalue weighted by Gasteiger charge is -2.22. The number of rotatable bonds is 8. The third-order valence-corrected chi connectivity index (χ3v) is 5.55. The number of hydrogen-bond donors (Lipinski definition) is 0. The maximum atomic E-state index is 13.2. The molecule has 0 saturated carbocycles. The Morgan fingerprint density at radius 3 is 2.52 bits per heavy atom. The van der Waals surface area contributed by atoms with Crippen molar-refractivity contribution < 1.29 is 14.5 Å². The Labute approximate surface area is 173 Å². The number of hydrogen-bond acceptors (Lipinski definition) is 5. The van der Waals surface area contributed by atoms with Crippen LogP contribution in [0.1, 0.15) is 25.7 Å². The van der Waals surface area contributed by atoms with E-state index in [4.69, 9.17) is 4.74 Å². The molecule has 150 valence electrons. The van der Waals surface area contributed by atoms with E-state index in [0.717, 1.165) is 10.4 Å². The van der Waals surface area contributed by atoms with Gasteiger partial charge in [-0.15, -0.1) is 11.3 Å². The summed E-state index contributed by atoms with van der Waals surface area (Å²) in [6.45, 7) is 3.00. The van der Waals surface area contributed by atoms with Gasteiger partial charge in [-0.1, -0.05) is 30.3 Å². The molecule has 0 atom stereocenters. The molecule has 0 spiro atoms. The average molecular weight is 410 g/mol. The molecule has 1 aromatic heterocycles. The average Bonchev–Trinajstić information content (AvgIpc) is 3.15. The van der Waals surface area contributed by atoms with Gasteiger partial charge in [-0.2, -0.15) is 0 Å². The zero-order valence-corrected chi connectivity index (χ0v) is 17.1. The second kappa shape index (κ2) is 9.34. The van der Waals surface area contributed by atoms with Gasteiger partial charge in [0.1, 0.15) is 0 Å². The predicted molar refractivity (Wildman–Crippen MR) is 114 cm³/mol. The van der Waals surface area contributed by atoms with Crippen molar-refractivity contribution in [3.63, 3.8) is 0 Å². The Kier molecular flexibility index (Phi) is 6.61. The molecule has 6 nitrogen and oxygen atoms in total. The van der Waals surface area contributed by atoms with Crippen molar-refractivity contribution in [1.82, 2.24) is 4.90 Å². The summed E-state index contributed by atoms with van der Waals surface area (Å²) in [5, 5.41) is 11.3. The van der Waals surface area contributed by atoms with Gasteiger partial charge in [0.05, 0.1) is 18.6 Å². The maximum Gasteiger partial charge on any atom is 0.311 e. The van der Waals surface area contributed by atoms with E-state index in [1.165, 1.54) is 24.1 Å². The number of benzene rings is 2. The van der Waals surface area contributed by atoms with Crippen LogP contribution in [0.3, 0.4) is 0 Å². The van der Waals surface area contributed by atoms with Gasteiger partial charge in [0.15, 0.2) is 5.75 Å². The fraction of sp³-hybridized carbons (Fsp3) is 0.227. The third-order valence-electron chi connectivity index (χ3n) is 4.57. The molecule has 3 rings (SSSR count). The molecule has 0 aliphatic rings. The highest BCUT2D eigenvalue weighted by Gasteiger charge is 2.22. The summed E-state index contributed by atoms with van der Waals surface area (Å²) in [7, 11) is 1.37. The normalized spacial score (nSPS) is 10.6. The molecule has 1 heterocycles. The molecule has 0 aliphatic carbocycles. The number of aryl methyl sites for hydroxylation is 1. The molecule has 0 aliphatic heterocycles. The molecule has 29 heavy (non-hydrogen) atoms. The Bertz CT molecular complexity index is 1000. The minimum absolute atomic E-state index is 0.135. The molecule has 0 unspecified atom stereocenters. The predicted octanol–water partition coefficient (Wildman–Crippen LogP) is 4.86. The van der Waals surface area contributed by atoms with Crippen LogP contribution < -0.4 is 4.74 Å². The SMILES string of the molecule is COc1ccc(C(=O)N(CCc2ccccc2)Cc2ccc(C)s2)cc1[N+](=O)[O-]. The van der Waals surface area contributed by atoms with E-state index in [1.54, 1.807) is 22.3 Å². The van der Waals surface area contributed by atoms with Crippen LogP contribution in [-0.4, -0.2) is 29.4 Å². The molecule has 3 aromatic rings. The first-order chi connectivity index (χ1) is 14.0. The zero-order valence-electron chi connectivity index (χ0n) is 16.3. The molecule has 0 radical (unpaired) electrons. The van der Waals surface area contributed by atoms with Gasteiger partial charge in [0, 0.05) is 27.9 Å². The van der Waals surface area contributed by atoms with Crippen molar-refractivity contribution in [3.8, 4) is 5.75 Å². The van der Waals surface area contributed by atoms with E-state index in [9.17, 15) is 14.9 Å². The monoisotopic (exact) mass is 410 g/mol. The van der Waals surface area contributed by atoms with Gasteiger partial charge >= 0.3 is 5.69 Å². The maximum absolute atomic E-state index is 13.2. The molecule has 0 saturated heterocycles. The lowest BCUT2D eigenvalue weighted by molar-refractivity contribution is -0.385. The number of carbonyl (C=O) groups excluding carboxylic acids is 1. The highest BCUT2D eigenvalue weighted by molar-refractivity contribution is 7.11. The van der Waals surface area contributed by atoms with Crippen LogP contribution >= 0.6 is 11.3 Å². The Hall–Kier alpha value is -3.19. The van der Waals surface area contributed by atoms with E-state index in [2.05, 4.69) is 0 Å². The summed E-state index contributed by atoms with van der Waals surface area (Å²) in [5.74, 6) is -0.103. The van der Waals surface area contributed by atoms with Crippen LogP contribution in [0.5, 0.6) is 5.75 Å². The highest BCUT2D eigenvalue weighted by atomic mass is 32.1. The van der Waals surface area contributed by atoms with Crippen molar-refractivity contribution in [3.05, 3.63) is 91.7 Å². The van der Waals surface area contributed by atoms with Gasteiger partial charge in [0.25, 0.3) is 5.91 Å². The quantitative estimate of drug-likeness (QED) is 0.393. The van der Waals surface area contributed by atoms with Crippen LogP contribution in [0.15, 0.2) is 60.7 Å². The number of ether oxygens (including phenoxy) is 1. The Morgan fingerprint density at radius 1 is 1.14 bits per heavy atom. The third kappa shape index (κ3) is 5.20. The fourth-order valence-electron chi connectivity index (χ4n) is 3.07. The lowest BCUT2D eigenvalue weighted by atomic mass is 10.1. The molecular weight excluding hydrogens is 388 g/mol. The molecular formula is C22H22N2O4S. The number of thiophene rings is 1. The molecule has 0 N–H and O–H groups in total. The smallest absolute Gasteiger partial charge is 0.311 e. The minimum Gasteiger partial charge on any atom is -0.490 e. The molecule has 2 aromatic carbocycles. The number of amides is 1. The summed E-state index contributed by atoms with van der Waals surface area (Å²) < 4.78 is 5.04. The second-order valence-corrected chi connectivity index (χ2v) is 7.99. The van der Waals surface area contributed by atoms with Crippen LogP contribution in [-0.2, 0) is 13.0 Å². The van der Waals surface area contributed by atoms with Crippen molar-refractivity contribution in [2.45, 2.75) is 19.9 Å². The first kappa shape index (κ1) is 20.5. The number of carbonyl (C=O) groups is 1. The first-order valence-electron chi connectivity index (χ1n) is 9.19. The molecule has 0 fully saturated rings. The molecule has 0 bridgehead atoms. The first-order valence-corrected chi connectivity index (χ1v) is 10.0. The number of nitro benzene ring substituents is 1. The van der Waals surface area contributed by atoms with Gasteiger partial charge in [-0.25, -0.2) is 0 Å². The second-order valence-electron chi connectivity index (χ2n) is 6.62. The van der Waals surface area contributed by atoms with Crippen LogP contribution in [0.4, 0.5) is 5.69 Å². The molecule has 7 heteroatoms. The number of methoxy groups -OCH3 is 1. The largest absolute Gasteiger partial charge is 0.490 e. The van der Waals surface area contributed by atoms with Crippen LogP contribution in [0, 0.1) is 17.0 Å². The van der Waals surface area contributed by atoms with Crippen molar-refractivity contribution in [2.24, 2.45) is 0 Å². The van der Waals surface area contributed by atoms with Crippen LogP contribution in [0.2, 0.25) is 0 Å². The minimum atomic E-state index is -0.535. The summed E-state index contributed by atoms with van der Waals surface area (Å²) in [4.78, 5) is 28.0.